The fourth-order valence-electron chi connectivity index (χ4n) is 5.92. The van der Waals surface area contributed by atoms with E-state index in [9.17, 15) is 5.26 Å². The van der Waals surface area contributed by atoms with Gasteiger partial charge in [0.1, 0.15) is 28.6 Å². The molecule has 2 aliphatic rings. The lowest BCUT2D eigenvalue weighted by Gasteiger charge is -2.51. The van der Waals surface area contributed by atoms with Crippen LogP contribution < -0.4 is 24.3 Å². The number of anilines is 1. The van der Waals surface area contributed by atoms with E-state index in [0.29, 0.717) is 23.7 Å². The van der Waals surface area contributed by atoms with E-state index in [1.807, 2.05) is 54.9 Å². The maximum atomic E-state index is 9.25. The highest BCUT2D eigenvalue weighted by Crippen LogP contribution is 2.62. The summed E-state index contributed by atoms with van der Waals surface area (Å²) in [5, 5.41) is 11.9. The molecule has 2 heterocycles. The summed E-state index contributed by atoms with van der Waals surface area (Å²) in [6, 6.07) is 22.1. The van der Waals surface area contributed by atoms with Gasteiger partial charge < -0.3 is 18.9 Å². The molecule has 3 atom stereocenters. The van der Waals surface area contributed by atoms with E-state index in [1.54, 1.807) is 21.3 Å². The Morgan fingerprint density at radius 2 is 1.74 bits per heavy atom. The van der Waals surface area contributed by atoms with Crippen molar-refractivity contribution in [2.45, 2.75) is 23.9 Å². The molecule has 0 saturated carbocycles. The van der Waals surface area contributed by atoms with Crippen LogP contribution in [0.15, 0.2) is 72.9 Å². The molecule has 1 aliphatic heterocycles. The van der Waals surface area contributed by atoms with Crippen LogP contribution in [0.5, 0.6) is 23.0 Å². The first-order valence-corrected chi connectivity index (χ1v) is 12.3. The minimum absolute atomic E-state index is 0.182. The lowest BCUT2D eigenvalue weighted by molar-refractivity contribution is 0.00916. The molecule has 0 unspecified atom stereocenters. The minimum atomic E-state index is -0.788. The normalized spacial score (nSPS) is 20.7. The zero-order valence-corrected chi connectivity index (χ0v) is 21.3. The Morgan fingerprint density at radius 1 is 0.974 bits per heavy atom. The van der Waals surface area contributed by atoms with Gasteiger partial charge in [-0.3, -0.25) is 5.32 Å². The Labute approximate surface area is 220 Å². The second-order valence-corrected chi connectivity index (χ2v) is 9.33. The van der Waals surface area contributed by atoms with Crippen molar-refractivity contribution < 1.29 is 18.9 Å². The summed E-state index contributed by atoms with van der Waals surface area (Å²) in [5.74, 6) is 2.58. The molecule has 38 heavy (non-hydrogen) atoms. The Balaban J connectivity index is 1.68. The van der Waals surface area contributed by atoms with E-state index in [2.05, 4.69) is 34.6 Å². The van der Waals surface area contributed by atoms with Crippen molar-refractivity contribution >= 4 is 5.95 Å². The fourth-order valence-corrected chi connectivity index (χ4v) is 5.92. The SMILES string of the molecule is COc1ccc([C@@]23C[C@H](c4nc(NC#N)ncc4[C@H]2c2ccccc2)c2c(OC)cc(OC)cc2O3)cc1. The second-order valence-electron chi connectivity index (χ2n) is 9.33. The molecule has 0 radical (unpaired) electrons. The predicted octanol–water partition coefficient (Wildman–Crippen LogP) is 5.35. The summed E-state index contributed by atoms with van der Waals surface area (Å²) < 4.78 is 24.0. The van der Waals surface area contributed by atoms with E-state index in [4.69, 9.17) is 23.9 Å². The van der Waals surface area contributed by atoms with Gasteiger partial charge in [-0.1, -0.05) is 42.5 Å². The first-order valence-electron chi connectivity index (χ1n) is 12.3. The third-order valence-corrected chi connectivity index (χ3v) is 7.52. The Hall–Kier alpha value is -4.77. The van der Waals surface area contributed by atoms with E-state index in [-0.39, 0.29) is 17.8 Å². The summed E-state index contributed by atoms with van der Waals surface area (Å²) in [4.78, 5) is 9.35. The molecule has 1 aromatic heterocycles. The smallest absolute Gasteiger partial charge is 0.236 e. The Morgan fingerprint density at radius 3 is 2.42 bits per heavy atom. The number of hydrogen-bond donors (Lipinski definition) is 1. The van der Waals surface area contributed by atoms with Crippen LogP contribution in [0.2, 0.25) is 0 Å². The molecule has 0 spiro atoms. The Bertz CT molecular complexity index is 1530. The molecule has 1 aliphatic carbocycles. The molecule has 8 heteroatoms. The van der Waals surface area contributed by atoms with Gasteiger partial charge in [-0.25, -0.2) is 9.97 Å². The van der Waals surface area contributed by atoms with Gasteiger partial charge in [0.15, 0.2) is 6.19 Å². The third kappa shape index (κ3) is 3.58. The van der Waals surface area contributed by atoms with Crippen LogP contribution in [0.3, 0.4) is 0 Å². The first-order chi connectivity index (χ1) is 18.6. The molecule has 0 fully saturated rings. The molecule has 6 rings (SSSR count). The van der Waals surface area contributed by atoms with Crippen LogP contribution in [-0.2, 0) is 5.60 Å². The second kappa shape index (κ2) is 9.27. The molecule has 3 aromatic carbocycles. The number of aromatic nitrogens is 2. The van der Waals surface area contributed by atoms with Gasteiger partial charge in [0.25, 0.3) is 0 Å². The van der Waals surface area contributed by atoms with Crippen molar-refractivity contribution in [2.75, 3.05) is 26.6 Å². The maximum absolute atomic E-state index is 9.25. The van der Waals surface area contributed by atoms with Gasteiger partial charge in [-0.2, -0.15) is 5.26 Å². The minimum Gasteiger partial charge on any atom is -0.497 e. The largest absolute Gasteiger partial charge is 0.497 e. The molecule has 4 aromatic rings. The van der Waals surface area contributed by atoms with Crippen LogP contribution in [-0.4, -0.2) is 31.3 Å². The van der Waals surface area contributed by atoms with Crippen LogP contribution >= 0.6 is 0 Å². The molecule has 1 N–H and O–H groups in total. The number of rotatable bonds is 6. The van der Waals surface area contributed by atoms with E-state index >= 15 is 0 Å². The van der Waals surface area contributed by atoms with E-state index < -0.39 is 5.60 Å². The van der Waals surface area contributed by atoms with Crippen molar-refractivity contribution in [3.63, 3.8) is 0 Å². The zero-order chi connectivity index (χ0) is 26.3. The summed E-state index contributed by atoms with van der Waals surface area (Å²) in [6.45, 7) is 0. The zero-order valence-electron chi connectivity index (χ0n) is 21.3. The van der Waals surface area contributed by atoms with E-state index in [1.165, 1.54) is 0 Å². The van der Waals surface area contributed by atoms with Crippen LogP contribution in [0.25, 0.3) is 0 Å². The van der Waals surface area contributed by atoms with Crippen LogP contribution in [0.1, 0.15) is 46.2 Å². The fraction of sp³-hybridized carbons (Fsp3) is 0.233. The monoisotopic (exact) mass is 506 g/mol. The topological polar surface area (TPSA) is 98.5 Å². The number of benzene rings is 3. The number of nitrogens with one attached hydrogen (secondary N) is 1. The molecular weight excluding hydrogens is 480 g/mol. The van der Waals surface area contributed by atoms with Gasteiger partial charge in [0.05, 0.1) is 32.9 Å². The molecule has 190 valence electrons. The molecular formula is C30H26N4O4. The summed E-state index contributed by atoms with van der Waals surface area (Å²) >= 11 is 0. The van der Waals surface area contributed by atoms with Gasteiger partial charge in [-0.05, 0) is 23.3 Å². The number of fused-ring (bicyclic) bond motifs is 6. The molecule has 8 nitrogen and oxygen atoms in total. The van der Waals surface area contributed by atoms with Gasteiger partial charge in [0, 0.05) is 41.8 Å². The van der Waals surface area contributed by atoms with Crippen molar-refractivity contribution in [1.29, 1.82) is 5.26 Å². The van der Waals surface area contributed by atoms with Crippen LogP contribution in [0, 0.1) is 11.5 Å². The summed E-state index contributed by atoms with van der Waals surface area (Å²) in [6.07, 6.45) is 4.35. The highest BCUT2D eigenvalue weighted by Gasteiger charge is 2.56. The summed E-state index contributed by atoms with van der Waals surface area (Å²) in [7, 11) is 4.92. The third-order valence-electron chi connectivity index (χ3n) is 7.52. The highest BCUT2D eigenvalue weighted by atomic mass is 16.5. The van der Waals surface area contributed by atoms with Crippen molar-refractivity contribution in [3.8, 4) is 29.2 Å². The summed E-state index contributed by atoms with van der Waals surface area (Å²) in [5.41, 5.74) is 3.97. The van der Waals surface area contributed by atoms with Gasteiger partial charge in [0.2, 0.25) is 5.95 Å². The lowest BCUT2D eigenvalue weighted by Crippen LogP contribution is -2.48. The quantitative estimate of drug-likeness (QED) is 0.276. The first kappa shape index (κ1) is 23.6. The maximum Gasteiger partial charge on any atom is 0.236 e. The number of nitrogens with zero attached hydrogens (tertiary/aromatic N) is 3. The van der Waals surface area contributed by atoms with Gasteiger partial charge in [-0.15, -0.1) is 0 Å². The number of hydrogen-bond acceptors (Lipinski definition) is 8. The number of methoxy groups -OCH3 is 3. The van der Waals surface area contributed by atoms with Gasteiger partial charge >= 0.3 is 0 Å². The molecule has 2 bridgehead atoms. The number of ether oxygens (including phenoxy) is 4. The van der Waals surface area contributed by atoms with Crippen molar-refractivity contribution in [2.24, 2.45) is 0 Å². The van der Waals surface area contributed by atoms with E-state index in [0.717, 1.165) is 33.7 Å². The van der Waals surface area contributed by atoms with Crippen molar-refractivity contribution in [1.82, 2.24) is 9.97 Å². The van der Waals surface area contributed by atoms with Crippen molar-refractivity contribution in [3.05, 3.63) is 101 Å². The number of nitriles is 1. The standard InChI is InChI=1S/C30H26N4O4/c1-35-20-11-9-19(10-12-20)30-15-22(26-24(37-3)13-21(36-2)14-25(26)38-30)28-23(16-32-29(34-28)33-17-31)27(30)18-7-5-4-6-8-18/h4-14,16,22,27H,15H2,1-3H3,(H,32,33,34)/t22-,27+,30-/m0/s1. The molecule has 0 amide bonds. The predicted molar refractivity (Wildman–Crippen MR) is 141 cm³/mol. The average Bonchev–Trinajstić information content (AvgIpc) is 2.97. The average molecular weight is 507 g/mol. The Kier molecular flexibility index (Phi) is 5.76. The van der Waals surface area contributed by atoms with Crippen LogP contribution in [0.4, 0.5) is 5.95 Å². The lowest BCUT2D eigenvalue weighted by atomic mass is 9.61. The highest BCUT2D eigenvalue weighted by molar-refractivity contribution is 5.61. The molecule has 0 saturated heterocycles.